The lowest BCUT2D eigenvalue weighted by Gasteiger charge is -2.28. The second kappa shape index (κ2) is 11.0. The number of hydrogen-bond donors (Lipinski definition) is 1. The minimum atomic E-state index is -0.400. The number of hydrogen-bond acceptors (Lipinski definition) is 6. The molecule has 206 valence electrons. The van der Waals surface area contributed by atoms with Crippen LogP contribution in [0.25, 0.3) is 5.69 Å². The van der Waals surface area contributed by atoms with Crippen molar-refractivity contribution in [3.8, 4) is 17.2 Å². The summed E-state index contributed by atoms with van der Waals surface area (Å²) in [5, 5.41) is 15.7. The predicted molar refractivity (Wildman–Crippen MR) is 159 cm³/mol. The number of aromatic nitrogens is 2. The summed E-state index contributed by atoms with van der Waals surface area (Å²) >= 11 is 5.90. The molecule has 0 bridgehead atoms. The van der Waals surface area contributed by atoms with E-state index < -0.39 is 4.92 Å². The van der Waals surface area contributed by atoms with E-state index in [0.29, 0.717) is 16.5 Å². The fourth-order valence-electron chi connectivity index (χ4n) is 5.33. The van der Waals surface area contributed by atoms with E-state index in [1.807, 2.05) is 74.7 Å². The zero-order valence-electron chi connectivity index (χ0n) is 23.0. The van der Waals surface area contributed by atoms with Crippen molar-refractivity contribution in [2.75, 3.05) is 12.0 Å². The molecule has 0 radical (unpaired) electrons. The van der Waals surface area contributed by atoms with Crippen molar-refractivity contribution in [3.63, 3.8) is 0 Å². The Kier molecular flexibility index (Phi) is 7.44. The van der Waals surface area contributed by atoms with E-state index in [4.69, 9.17) is 21.7 Å². The quantitative estimate of drug-likeness (QED) is 0.152. The van der Waals surface area contributed by atoms with Gasteiger partial charge in [0.1, 0.15) is 11.5 Å². The maximum absolute atomic E-state index is 11.6. The summed E-state index contributed by atoms with van der Waals surface area (Å²) < 4.78 is 13.5. The number of nitro benzene ring substituents is 1. The van der Waals surface area contributed by atoms with E-state index in [2.05, 4.69) is 21.3 Å². The Labute approximate surface area is 238 Å². The maximum atomic E-state index is 11.6. The van der Waals surface area contributed by atoms with Gasteiger partial charge < -0.3 is 24.3 Å². The van der Waals surface area contributed by atoms with Crippen molar-refractivity contribution in [3.05, 3.63) is 106 Å². The molecule has 10 heteroatoms. The maximum Gasteiger partial charge on any atom is 0.271 e. The van der Waals surface area contributed by atoms with E-state index in [-0.39, 0.29) is 23.9 Å². The van der Waals surface area contributed by atoms with Crippen molar-refractivity contribution in [2.24, 2.45) is 0 Å². The number of methoxy groups -OCH3 is 1. The van der Waals surface area contributed by atoms with Gasteiger partial charge in [0.05, 0.1) is 41.6 Å². The molecule has 5 rings (SSSR count). The molecule has 0 aliphatic carbocycles. The smallest absolute Gasteiger partial charge is 0.271 e. The minimum Gasteiger partial charge on any atom is -0.495 e. The highest BCUT2D eigenvalue weighted by molar-refractivity contribution is 7.80. The second-order valence-electron chi connectivity index (χ2n) is 9.93. The molecule has 0 amide bonds. The highest BCUT2D eigenvalue weighted by atomic mass is 32.1. The number of thiocarbonyl (C=S) groups is 1. The Hall–Kier alpha value is -4.44. The van der Waals surface area contributed by atoms with Crippen LogP contribution in [0.1, 0.15) is 48.6 Å². The van der Waals surface area contributed by atoms with Crippen LogP contribution in [-0.2, 0) is 0 Å². The fourth-order valence-corrected chi connectivity index (χ4v) is 5.68. The standard InChI is InChI=1S/C30H31N5O4S/c1-18(2)39-23-12-9-21(10-13-23)34-29(28(32-30(34)40)25-8-6-7-15-31-25)24-16-19(3)33(20(24)4)26-17-22(35(36)37)11-14-27(26)38-5/h6-18,28-29H,1-5H3,(H,32,40)/t28-,29-/m1/s1. The fraction of sp³-hybridized carbons (Fsp3) is 0.267. The molecule has 1 aliphatic heterocycles. The molecule has 0 spiro atoms. The number of nitrogens with zero attached hydrogens (tertiary/aromatic N) is 4. The average Bonchev–Trinajstić information content (AvgIpc) is 3.43. The molecule has 1 N–H and O–H groups in total. The Morgan fingerprint density at radius 1 is 1.07 bits per heavy atom. The molecule has 40 heavy (non-hydrogen) atoms. The zero-order valence-corrected chi connectivity index (χ0v) is 23.8. The third kappa shape index (κ3) is 4.98. The molecule has 1 fully saturated rings. The van der Waals surface area contributed by atoms with Crippen LogP contribution in [0, 0.1) is 24.0 Å². The summed E-state index contributed by atoms with van der Waals surface area (Å²) in [4.78, 5) is 17.9. The molecule has 1 saturated heterocycles. The van der Waals surface area contributed by atoms with E-state index >= 15 is 0 Å². The zero-order chi connectivity index (χ0) is 28.6. The molecule has 9 nitrogen and oxygen atoms in total. The van der Waals surface area contributed by atoms with Crippen LogP contribution in [0.4, 0.5) is 11.4 Å². The van der Waals surface area contributed by atoms with Crippen LogP contribution in [0.15, 0.2) is 72.9 Å². The lowest BCUT2D eigenvalue weighted by molar-refractivity contribution is -0.384. The SMILES string of the molecule is COc1ccc([N+](=O)[O-])cc1-n1c(C)cc([C@@H]2[C@@H](c3ccccn3)NC(=S)N2c2ccc(OC(C)C)cc2)c1C. The largest absolute Gasteiger partial charge is 0.495 e. The normalized spacial score (nSPS) is 16.8. The van der Waals surface area contributed by atoms with Gasteiger partial charge in [-0.1, -0.05) is 6.07 Å². The summed E-state index contributed by atoms with van der Waals surface area (Å²) in [5.74, 6) is 1.32. The summed E-state index contributed by atoms with van der Waals surface area (Å²) in [6, 6.07) is 20.0. The second-order valence-corrected chi connectivity index (χ2v) is 10.3. The van der Waals surface area contributed by atoms with Gasteiger partial charge in [0.2, 0.25) is 0 Å². The molecule has 2 atom stereocenters. The number of aryl methyl sites for hydroxylation is 1. The molecule has 1 aliphatic rings. The summed E-state index contributed by atoms with van der Waals surface area (Å²) in [6.45, 7) is 7.98. The predicted octanol–water partition coefficient (Wildman–Crippen LogP) is 6.37. The molecular formula is C30H31N5O4S. The van der Waals surface area contributed by atoms with Gasteiger partial charge in [0.15, 0.2) is 5.11 Å². The highest BCUT2D eigenvalue weighted by Crippen LogP contribution is 2.44. The number of rotatable bonds is 8. The molecule has 0 saturated carbocycles. The molecule has 3 heterocycles. The van der Waals surface area contributed by atoms with Crippen LogP contribution in [-0.4, -0.2) is 32.8 Å². The minimum absolute atomic E-state index is 0.00902. The first-order valence-electron chi connectivity index (χ1n) is 13.0. The molecule has 4 aromatic rings. The summed E-state index contributed by atoms with van der Waals surface area (Å²) in [7, 11) is 1.56. The van der Waals surface area contributed by atoms with Crippen LogP contribution < -0.4 is 19.7 Å². The number of anilines is 1. The summed E-state index contributed by atoms with van der Waals surface area (Å²) in [6.07, 6.45) is 1.84. The van der Waals surface area contributed by atoms with Crippen LogP contribution in [0.3, 0.4) is 0 Å². The first kappa shape index (κ1) is 27.1. The van der Waals surface area contributed by atoms with Gasteiger partial charge in [-0.3, -0.25) is 15.1 Å². The molecule has 2 aromatic carbocycles. The van der Waals surface area contributed by atoms with Crippen LogP contribution >= 0.6 is 12.2 Å². The van der Waals surface area contributed by atoms with Gasteiger partial charge >= 0.3 is 0 Å². The van der Waals surface area contributed by atoms with Gasteiger partial charge in [-0.15, -0.1) is 0 Å². The Morgan fingerprint density at radius 2 is 1.82 bits per heavy atom. The first-order chi connectivity index (χ1) is 19.2. The number of nitrogens with one attached hydrogen (secondary N) is 1. The molecular weight excluding hydrogens is 526 g/mol. The van der Waals surface area contributed by atoms with Crippen molar-refractivity contribution >= 4 is 28.7 Å². The number of ether oxygens (including phenoxy) is 2. The van der Waals surface area contributed by atoms with Crippen molar-refractivity contribution in [2.45, 2.75) is 45.9 Å². The van der Waals surface area contributed by atoms with Crippen molar-refractivity contribution < 1.29 is 14.4 Å². The van der Waals surface area contributed by atoms with E-state index in [1.54, 1.807) is 25.4 Å². The van der Waals surface area contributed by atoms with Gasteiger partial charge in [-0.05, 0) is 94.0 Å². The lowest BCUT2D eigenvalue weighted by atomic mass is 9.96. The molecule has 2 aromatic heterocycles. The first-order valence-corrected chi connectivity index (χ1v) is 13.4. The van der Waals surface area contributed by atoms with Gasteiger partial charge in [-0.25, -0.2) is 0 Å². The number of benzene rings is 2. The highest BCUT2D eigenvalue weighted by Gasteiger charge is 2.42. The summed E-state index contributed by atoms with van der Waals surface area (Å²) in [5.41, 5.74) is 5.19. The van der Waals surface area contributed by atoms with Gasteiger partial charge in [-0.2, -0.15) is 0 Å². The number of pyridine rings is 1. The number of non-ortho nitro benzene ring substituents is 1. The topological polar surface area (TPSA) is 94.7 Å². The van der Waals surface area contributed by atoms with E-state index in [9.17, 15) is 10.1 Å². The Bertz CT molecular complexity index is 1550. The van der Waals surface area contributed by atoms with Gasteiger partial charge in [0.25, 0.3) is 5.69 Å². The monoisotopic (exact) mass is 557 g/mol. The molecule has 0 unspecified atom stereocenters. The lowest BCUT2D eigenvalue weighted by Crippen LogP contribution is -2.29. The van der Waals surface area contributed by atoms with E-state index in [0.717, 1.165) is 34.1 Å². The van der Waals surface area contributed by atoms with E-state index in [1.165, 1.54) is 6.07 Å². The van der Waals surface area contributed by atoms with Crippen molar-refractivity contribution in [1.82, 2.24) is 14.9 Å². The number of nitro groups is 1. The Balaban J connectivity index is 1.66. The van der Waals surface area contributed by atoms with Crippen molar-refractivity contribution in [1.29, 1.82) is 0 Å². The Morgan fingerprint density at radius 3 is 2.45 bits per heavy atom. The average molecular weight is 558 g/mol. The van der Waals surface area contributed by atoms with Gasteiger partial charge in [0, 0.05) is 35.4 Å². The third-order valence-electron chi connectivity index (χ3n) is 6.99. The van der Waals surface area contributed by atoms with Crippen LogP contribution in [0.5, 0.6) is 11.5 Å². The third-order valence-corrected chi connectivity index (χ3v) is 7.30. The van der Waals surface area contributed by atoms with Crippen LogP contribution in [0.2, 0.25) is 0 Å².